The van der Waals surface area contributed by atoms with Gasteiger partial charge in [-0.05, 0) is 34.0 Å². The molecule has 0 radical (unpaired) electrons. The molecule has 0 amide bonds. The summed E-state index contributed by atoms with van der Waals surface area (Å²) in [5.74, 6) is -2.02. The fourth-order valence-corrected chi connectivity index (χ4v) is 3.49. The van der Waals surface area contributed by atoms with Crippen LogP contribution >= 0.6 is 24.8 Å². The van der Waals surface area contributed by atoms with E-state index in [9.17, 15) is 19.8 Å². The minimum atomic E-state index is -1.01. The Kier molecular flexibility index (Phi) is 6.29. The quantitative estimate of drug-likeness (QED) is 0.437. The van der Waals surface area contributed by atoms with E-state index in [1.165, 1.54) is 0 Å². The standard InChI is InChI=1S/C22H14O4.2ClH/c23-21(24)17-11-3-7-13-5-1-9-15(19(13)17)16-10-2-6-14-8-4-12-18(20(14)16)22(25)26;;/h1-12H,(H,23,24)(H,25,26);2*1H. The zero-order valence-electron chi connectivity index (χ0n) is 14.5. The summed E-state index contributed by atoms with van der Waals surface area (Å²) in [6.45, 7) is 0. The van der Waals surface area contributed by atoms with E-state index in [0.717, 1.165) is 10.8 Å². The van der Waals surface area contributed by atoms with Gasteiger partial charge in [-0.3, -0.25) is 0 Å². The van der Waals surface area contributed by atoms with Gasteiger partial charge in [0.1, 0.15) is 0 Å². The van der Waals surface area contributed by atoms with E-state index < -0.39 is 11.9 Å². The van der Waals surface area contributed by atoms with Crippen molar-refractivity contribution in [3.63, 3.8) is 0 Å². The number of fused-ring (bicyclic) bond motifs is 2. The molecule has 2 N–H and O–H groups in total. The molecule has 0 heterocycles. The van der Waals surface area contributed by atoms with Gasteiger partial charge in [-0.25, -0.2) is 9.59 Å². The molecule has 4 rings (SSSR count). The Morgan fingerprint density at radius 1 is 0.536 bits per heavy atom. The molecule has 0 aromatic heterocycles. The molecule has 0 aliphatic carbocycles. The first-order valence-electron chi connectivity index (χ1n) is 8.08. The van der Waals surface area contributed by atoms with E-state index in [1.807, 2.05) is 48.5 Å². The predicted octanol–water partition coefficient (Wildman–Crippen LogP) is 5.90. The molecule has 0 unspecified atom stereocenters. The van der Waals surface area contributed by atoms with Gasteiger partial charge in [0.15, 0.2) is 0 Å². The van der Waals surface area contributed by atoms with Crippen LogP contribution in [0.4, 0.5) is 0 Å². The molecule has 4 aromatic rings. The van der Waals surface area contributed by atoms with Crippen molar-refractivity contribution in [2.45, 2.75) is 0 Å². The number of halogens is 2. The summed E-state index contributed by atoms with van der Waals surface area (Å²) in [5, 5.41) is 22.0. The maximum Gasteiger partial charge on any atom is 0.336 e. The smallest absolute Gasteiger partial charge is 0.336 e. The molecule has 0 saturated carbocycles. The zero-order valence-corrected chi connectivity index (χ0v) is 16.1. The SMILES string of the molecule is Cl.Cl.O=C(O)c1cccc2cccc(-c3cccc4cccc(C(=O)O)c34)c12. The largest absolute Gasteiger partial charge is 0.478 e. The molecule has 0 bridgehead atoms. The molecule has 4 nitrogen and oxygen atoms in total. The Morgan fingerprint density at radius 3 is 1.18 bits per heavy atom. The third kappa shape index (κ3) is 3.40. The van der Waals surface area contributed by atoms with E-state index in [2.05, 4.69) is 0 Å². The lowest BCUT2D eigenvalue weighted by molar-refractivity contribution is 0.0688. The van der Waals surface area contributed by atoms with E-state index in [4.69, 9.17) is 0 Å². The second-order valence-corrected chi connectivity index (χ2v) is 6.03. The van der Waals surface area contributed by atoms with Crippen molar-refractivity contribution in [3.8, 4) is 11.1 Å². The van der Waals surface area contributed by atoms with Crippen molar-refractivity contribution in [1.82, 2.24) is 0 Å². The molecule has 4 aromatic carbocycles. The van der Waals surface area contributed by atoms with Crippen molar-refractivity contribution in [3.05, 3.63) is 83.9 Å². The highest BCUT2D eigenvalue weighted by molar-refractivity contribution is 6.16. The Hall–Kier alpha value is -3.08. The third-order valence-corrected chi connectivity index (χ3v) is 4.56. The van der Waals surface area contributed by atoms with Crippen molar-refractivity contribution in [1.29, 1.82) is 0 Å². The van der Waals surface area contributed by atoms with E-state index in [1.54, 1.807) is 24.3 Å². The van der Waals surface area contributed by atoms with Gasteiger partial charge in [-0.1, -0.05) is 60.7 Å². The molecule has 0 aliphatic rings. The fraction of sp³-hybridized carbons (Fsp3) is 0. The summed E-state index contributed by atoms with van der Waals surface area (Å²) >= 11 is 0. The Labute approximate surface area is 173 Å². The maximum atomic E-state index is 11.7. The van der Waals surface area contributed by atoms with Crippen LogP contribution in [0.5, 0.6) is 0 Å². The van der Waals surface area contributed by atoms with E-state index in [-0.39, 0.29) is 35.9 Å². The van der Waals surface area contributed by atoms with Crippen LogP contribution in [0.2, 0.25) is 0 Å². The van der Waals surface area contributed by atoms with Crippen LogP contribution in [0.1, 0.15) is 20.7 Å². The maximum absolute atomic E-state index is 11.7. The molecule has 6 heteroatoms. The summed E-state index contributed by atoms with van der Waals surface area (Å²) in [6.07, 6.45) is 0. The molecule has 0 aliphatic heterocycles. The average Bonchev–Trinajstić information content (AvgIpc) is 2.65. The molecule has 0 fully saturated rings. The minimum Gasteiger partial charge on any atom is -0.478 e. The second kappa shape index (κ2) is 8.30. The molecule has 0 spiro atoms. The van der Waals surface area contributed by atoms with Crippen LogP contribution in [0.25, 0.3) is 32.7 Å². The van der Waals surface area contributed by atoms with Crippen LogP contribution in [-0.4, -0.2) is 22.2 Å². The van der Waals surface area contributed by atoms with Crippen LogP contribution in [-0.2, 0) is 0 Å². The Balaban J connectivity index is 0.00000140. The van der Waals surface area contributed by atoms with Crippen LogP contribution in [0, 0.1) is 0 Å². The lowest BCUT2D eigenvalue weighted by Gasteiger charge is -2.13. The monoisotopic (exact) mass is 414 g/mol. The first-order chi connectivity index (χ1) is 12.6. The number of rotatable bonds is 3. The summed E-state index contributed by atoms with van der Waals surface area (Å²) in [5.41, 5.74) is 1.81. The lowest BCUT2D eigenvalue weighted by Crippen LogP contribution is -2.00. The number of carbonyl (C=O) groups is 2. The van der Waals surface area contributed by atoms with Crippen molar-refractivity contribution < 1.29 is 19.8 Å². The number of aromatic carboxylic acids is 2. The average molecular weight is 415 g/mol. The van der Waals surface area contributed by atoms with Gasteiger partial charge in [0, 0.05) is 10.8 Å². The first kappa shape index (κ1) is 21.2. The highest BCUT2D eigenvalue weighted by atomic mass is 35.5. The second-order valence-electron chi connectivity index (χ2n) is 6.03. The van der Waals surface area contributed by atoms with E-state index >= 15 is 0 Å². The highest BCUT2D eigenvalue weighted by Crippen LogP contribution is 2.37. The first-order valence-corrected chi connectivity index (χ1v) is 8.08. The zero-order chi connectivity index (χ0) is 18.3. The number of carboxylic acids is 2. The Bertz CT molecular complexity index is 1100. The summed E-state index contributed by atoms with van der Waals surface area (Å²) in [4.78, 5) is 23.5. The van der Waals surface area contributed by atoms with Gasteiger partial charge in [0.2, 0.25) is 0 Å². The van der Waals surface area contributed by atoms with Crippen LogP contribution in [0.3, 0.4) is 0 Å². The summed E-state index contributed by atoms with van der Waals surface area (Å²) < 4.78 is 0. The van der Waals surface area contributed by atoms with Crippen molar-refractivity contribution in [2.24, 2.45) is 0 Å². The Morgan fingerprint density at radius 2 is 0.857 bits per heavy atom. The van der Waals surface area contributed by atoms with Gasteiger partial charge in [0.25, 0.3) is 0 Å². The molecular weight excluding hydrogens is 399 g/mol. The number of benzene rings is 4. The van der Waals surface area contributed by atoms with Crippen LogP contribution in [0.15, 0.2) is 72.8 Å². The van der Waals surface area contributed by atoms with Crippen molar-refractivity contribution >= 4 is 58.3 Å². The summed E-state index contributed by atoms with van der Waals surface area (Å²) in [6, 6.07) is 21.4. The van der Waals surface area contributed by atoms with E-state index in [0.29, 0.717) is 21.9 Å². The normalized spacial score (nSPS) is 10.1. The van der Waals surface area contributed by atoms with Gasteiger partial charge in [-0.2, -0.15) is 0 Å². The van der Waals surface area contributed by atoms with Crippen molar-refractivity contribution in [2.75, 3.05) is 0 Å². The molecule has 0 saturated heterocycles. The topological polar surface area (TPSA) is 74.6 Å². The molecule has 0 atom stereocenters. The van der Waals surface area contributed by atoms with Gasteiger partial charge in [-0.15, -0.1) is 24.8 Å². The molecule has 142 valence electrons. The predicted molar refractivity (Wildman–Crippen MR) is 115 cm³/mol. The molecular formula is C22H16Cl2O4. The third-order valence-electron chi connectivity index (χ3n) is 4.56. The van der Waals surface area contributed by atoms with Gasteiger partial charge >= 0.3 is 11.9 Å². The summed E-state index contributed by atoms with van der Waals surface area (Å²) in [7, 11) is 0. The number of hydrogen-bond donors (Lipinski definition) is 2. The number of hydrogen-bond acceptors (Lipinski definition) is 2. The van der Waals surface area contributed by atoms with Crippen LogP contribution < -0.4 is 0 Å². The number of carboxylic acid groups (broad SMARTS) is 2. The van der Waals surface area contributed by atoms with Gasteiger partial charge in [0.05, 0.1) is 11.1 Å². The fourth-order valence-electron chi connectivity index (χ4n) is 3.49. The minimum absolute atomic E-state index is 0. The highest BCUT2D eigenvalue weighted by Gasteiger charge is 2.17. The molecule has 28 heavy (non-hydrogen) atoms. The van der Waals surface area contributed by atoms with Gasteiger partial charge < -0.3 is 10.2 Å². The lowest BCUT2D eigenvalue weighted by atomic mass is 9.90.